The van der Waals surface area contributed by atoms with Crippen LogP contribution in [0.3, 0.4) is 0 Å². The molecule has 0 N–H and O–H groups in total. The van der Waals surface area contributed by atoms with Crippen molar-refractivity contribution in [1.82, 2.24) is 0 Å². The zero-order chi connectivity index (χ0) is 8.69. The van der Waals surface area contributed by atoms with Gasteiger partial charge in [0.25, 0.3) is 0 Å². The lowest BCUT2D eigenvalue weighted by molar-refractivity contribution is -0.110. The fourth-order valence-electron chi connectivity index (χ4n) is 0.993. The highest BCUT2D eigenvalue weighted by Crippen LogP contribution is 2.10. The van der Waals surface area contributed by atoms with E-state index in [4.69, 9.17) is 0 Å². The smallest absolute Gasteiger partial charge is 0.197 e. The molecule has 0 rings (SSSR count). The van der Waals surface area contributed by atoms with E-state index in [2.05, 4.69) is 29.8 Å². The van der Waals surface area contributed by atoms with E-state index in [1.807, 2.05) is 0 Å². The van der Waals surface area contributed by atoms with E-state index < -0.39 is 0 Å². The molecule has 0 fully saturated rings. The molecule has 0 aliphatic carbocycles. The first-order valence-corrected chi connectivity index (χ1v) is 5.10. The van der Waals surface area contributed by atoms with Crippen LogP contribution in [0, 0.1) is 5.92 Å². The normalized spacial score (nSPS) is 10.5. The van der Waals surface area contributed by atoms with Gasteiger partial charge < -0.3 is 0 Å². The predicted octanol–water partition coefficient (Wildman–Crippen LogP) is 3.51. The third kappa shape index (κ3) is 10.2. The van der Waals surface area contributed by atoms with E-state index in [-0.39, 0.29) is 4.69 Å². The molecule has 2 heteroatoms. The van der Waals surface area contributed by atoms with Gasteiger partial charge in [-0.15, -0.1) is 0 Å². The molecule has 0 amide bonds. The van der Waals surface area contributed by atoms with Crippen LogP contribution in [0.15, 0.2) is 0 Å². The molecular formula is C9H17BrO. The van der Waals surface area contributed by atoms with E-state index in [1.54, 1.807) is 0 Å². The first kappa shape index (κ1) is 11.2. The summed E-state index contributed by atoms with van der Waals surface area (Å²) < 4.78 is 0.141. The van der Waals surface area contributed by atoms with Gasteiger partial charge in [0, 0.05) is 6.42 Å². The number of unbranched alkanes of at least 4 members (excludes halogenated alkanes) is 2. The van der Waals surface area contributed by atoms with Gasteiger partial charge in [-0.1, -0.05) is 33.1 Å². The van der Waals surface area contributed by atoms with Crippen molar-refractivity contribution in [3.8, 4) is 0 Å². The van der Waals surface area contributed by atoms with Crippen molar-refractivity contribution in [3.63, 3.8) is 0 Å². The molecule has 0 atom stereocenters. The monoisotopic (exact) mass is 220 g/mol. The molecule has 0 bridgehead atoms. The Balaban J connectivity index is 2.97. The van der Waals surface area contributed by atoms with Gasteiger partial charge in [-0.05, 0) is 28.3 Å². The number of rotatable bonds is 6. The Morgan fingerprint density at radius 1 is 1.27 bits per heavy atom. The van der Waals surface area contributed by atoms with Crippen LogP contribution in [0.4, 0.5) is 0 Å². The third-order valence-corrected chi connectivity index (χ3v) is 2.05. The van der Waals surface area contributed by atoms with Crippen LogP contribution in [-0.2, 0) is 4.79 Å². The van der Waals surface area contributed by atoms with Gasteiger partial charge >= 0.3 is 0 Å². The van der Waals surface area contributed by atoms with Crippen LogP contribution in [-0.4, -0.2) is 4.69 Å². The SMILES string of the molecule is CC(C)CCCCCC(=O)Br. The number of hydrogen-bond acceptors (Lipinski definition) is 1. The molecule has 1 nitrogen and oxygen atoms in total. The minimum atomic E-state index is 0.141. The van der Waals surface area contributed by atoms with Gasteiger partial charge in [0.05, 0.1) is 0 Å². The van der Waals surface area contributed by atoms with E-state index in [1.165, 1.54) is 19.3 Å². The standard InChI is InChI=1S/C9H17BrO/c1-8(2)6-4-3-5-7-9(10)11/h8H,3-7H2,1-2H3. The maximum absolute atomic E-state index is 10.5. The third-order valence-electron chi connectivity index (χ3n) is 1.65. The Labute approximate surface area is 77.7 Å². The van der Waals surface area contributed by atoms with Gasteiger partial charge in [0.2, 0.25) is 0 Å². The summed E-state index contributed by atoms with van der Waals surface area (Å²) >= 11 is 2.92. The topological polar surface area (TPSA) is 17.1 Å². The molecule has 0 saturated heterocycles. The Morgan fingerprint density at radius 2 is 1.91 bits per heavy atom. The quantitative estimate of drug-likeness (QED) is 0.495. The fraction of sp³-hybridized carbons (Fsp3) is 0.889. The van der Waals surface area contributed by atoms with Crippen molar-refractivity contribution in [3.05, 3.63) is 0 Å². The second-order valence-electron chi connectivity index (χ2n) is 3.35. The van der Waals surface area contributed by atoms with Crippen LogP contribution < -0.4 is 0 Å². The number of carbonyl (C=O) groups is 1. The number of hydrogen-bond donors (Lipinski definition) is 0. The Hall–Kier alpha value is 0.150. The highest BCUT2D eigenvalue weighted by molar-refractivity contribution is 9.18. The maximum atomic E-state index is 10.5. The van der Waals surface area contributed by atoms with Crippen molar-refractivity contribution in [1.29, 1.82) is 0 Å². The molecule has 0 unspecified atom stereocenters. The molecule has 0 heterocycles. The molecular weight excluding hydrogens is 204 g/mol. The van der Waals surface area contributed by atoms with Gasteiger partial charge in [-0.2, -0.15) is 0 Å². The lowest BCUT2D eigenvalue weighted by Crippen LogP contribution is -1.89. The molecule has 0 aliphatic heterocycles. The molecule has 11 heavy (non-hydrogen) atoms. The van der Waals surface area contributed by atoms with Gasteiger partial charge in [-0.3, -0.25) is 4.79 Å². The average Bonchev–Trinajstić information content (AvgIpc) is 1.85. The first-order valence-electron chi connectivity index (χ1n) is 4.31. The molecule has 0 aromatic rings. The summed E-state index contributed by atoms with van der Waals surface area (Å²) in [5, 5.41) is 0. The van der Waals surface area contributed by atoms with Crippen molar-refractivity contribution in [2.45, 2.75) is 46.0 Å². The second kappa shape index (κ2) is 6.84. The van der Waals surface area contributed by atoms with Crippen molar-refractivity contribution >= 4 is 20.6 Å². The summed E-state index contributed by atoms with van der Waals surface area (Å²) in [5.74, 6) is 0.801. The zero-order valence-electron chi connectivity index (χ0n) is 7.40. The molecule has 0 aliphatic rings. The zero-order valence-corrected chi connectivity index (χ0v) is 8.99. The summed E-state index contributed by atoms with van der Waals surface area (Å²) in [4.78, 5) is 10.5. The Bertz CT molecular complexity index is 110. The fourth-order valence-corrected chi connectivity index (χ4v) is 1.27. The summed E-state index contributed by atoms with van der Waals surface area (Å²) in [6, 6.07) is 0. The van der Waals surface area contributed by atoms with Crippen LogP contribution in [0.2, 0.25) is 0 Å². The summed E-state index contributed by atoms with van der Waals surface area (Å²) in [6.45, 7) is 4.46. The minimum Gasteiger partial charge on any atom is -0.287 e. The number of carbonyl (C=O) groups excluding carboxylic acids is 1. The Kier molecular flexibility index (Phi) is 6.93. The molecule has 0 spiro atoms. The molecule has 66 valence electrons. The summed E-state index contributed by atoms with van der Waals surface area (Å²) in [7, 11) is 0. The van der Waals surface area contributed by atoms with Crippen molar-refractivity contribution in [2.24, 2.45) is 5.92 Å². The van der Waals surface area contributed by atoms with Gasteiger partial charge in [-0.25, -0.2) is 0 Å². The maximum Gasteiger partial charge on any atom is 0.197 e. The molecule has 0 radical (unpaired) electrons. The van der Waals surface area contributed by atoms with Gasteiger partial charge in [0.15, 0.2) is 4.69 Å². The van der Waals surface area contributed by atoms with Crippen molar-refractivity contribution < 1.29 is 4.79 Å². The Morgan fingerprint density at radius 3 is 2.36 bits per heavy atom. The van der Waals surface area contributed by atoms with E-state index in [9.17, 15) is 4.79 Å². The van der Waals surface area contributed by atoms with E-state index in [0.29, 0.717) is 6.42 Å². The largest absolute Gasteiger partial charge is 0.287 e. The number of halogens is 1. The second-order valence-corrected chi connectivity index (χ2v) is 4.23. The lowest BCUT2D eigenvalue weighted by Gasteiger charge is -2.02. The van der Waals surface area contributed by atoms with E-state index in [0.717, 1.165) is 12.3 Å². The summed E-state index contributed by atoms with van der Waals surface area (Å²) in [5.41, 5.74) is 0. The van der Waals surface area contributed by atoms with Crippen LogP contribution in [0.25, 0.3) is 0 Å². The van der Waals surface area contributed by atoms with Crippen molar-refractivity contribution in [2.75, 3.05) is 0 Å². The highest BCUT2D eigenvalue weighted by Gasteiger charge is 1.96. The predicted molar refractivity (Wildman–Crippen MR) is 51.9 cm³/mol. The average molecular weight is 221 g/mol. The molecule has 0 aromatic carbocycles. The minimum absolute atomic E-state index is 0.141. The first-order chi connectivity index (χ1) is 5.13. The summed E-state index contributed by atoms with van der Waals surface area (Å²) in [6.07, 6.45) is 5.47. The van der Waals surface area contributed by atoms with Crippen LogP contribution in [0.5, 0.6) is 0 Å². The highest BCUT2D eigenvalue weighted by atomic mass is 79.9. The van der Waals surface area contributed by atoms with E-state index >= 15 is 0 Å². The molecule has 0 saturated carbocycles. The van der Waals surface area contributed by atoms with Gasteiger partial charge in [0.1, 0.15) is 0 Å². The van der Waals surface area contributed by atoms with Crippen LogP contribution in [0.1, 0.15) is 46.0 Å². The lowest BCUT2D eigenvalue weighted by atomic mass is 10.0. The van der Waals surface area contributed by atoms with Crippen LogP contribution >= 0.6 is 15.9 Å². The molecule has 0 aromatic heterocycles.